The fraction of sp³-hybridized carbons (Fsp3) is 0.400. The first kappa shape index (κ1) is 16.4. The van der Waals surface area contributed by atoms with Crippen LogP contribution < -0.4 is 5.32 Å². The Morgan fingerprint density at radius 1 is 1.39 bits per heavy atom. The van der Waals surface area contributed by atoms with Gasteiger partial charge in [0.05, 0.1) is 6.04 Å². The van der Waals surface area contributed by atoms with Crippen LogP contribution in [-0.4, -0.2) is 37.5 Å². The van der Waals surface area contributed by atoms with E-state index in [4.69, 9.17) is 16.1 Å². The van der Waals surface area contributed by atoms with Crippen LogP contribution in [0, 0.1) is 13.8 Å². The van der Waals surface area contributed by atoms with Crippen LogP contribution in [0.25, 0.3) is 0 Å². The largest absolute Gasteiger partial charge is 0.360 e. The Bertz CT molecular complexity index is 800. The molecule has 0 radical (unpaired) electrons. The van der Waals surface area contributed by atoms with Crippen molar-refractivity contribution >= 4 is 21.6 Å². The van der Waals surface area contributed by atoms with Gasteiger partial charge in [0.15, 0.2) is 5.76 Å². The van der Waals surface area contributed by atoms with Crippen molar-refractivity contribution in [1.29, 1.82) is 0 Å². The maximum absolute atomic E-state index is 13.1. The Morgan fingerprint density at radius 2 is 2.17 bits per heavy atom. The first-order chi connectivity index (χ1) is 10.9. The van der Waals surface area contributed by atoms with Crippen LogP contribution >= 0.6 is 11.6 Å². The molecule has 0 amide bonds. The number of rotatable bonds is 3. The van der Waals surface area contributed by atoms with Crippen LogP contribution in [0.2, 0.25) is 5.02 Å². The molecule has 1 atom stereocenters. The second-order valence-corrected chi connectivity index (χ2v) is 7.81. The van der Waals surface area contributed by atoms with E-state index in [1.165, 1.54) is 4.31 Å². The molecule has 1 saturated heterocycles. The van der Waals surface area contributed by atoms with E-state index in [0.717, 1.165) is 5.56 Å². The zero-order chi connectivity index (χ0) is 16.6. The number of aryl methyl sites for hydroxylation is 2. The summed E-state index contributed by atoms with van der Waals surface area (Å²) in [6.07, 6.45) is 0. The molecule has 0 spiro atoms. The van der Waals surface area contributed by atoms with Crippen LogP contribution in [0.15, 0.2) is 33.7 Å². The van der Waals surface area contributed by atoms with Gasteiger partial charge < -0.3 is 9.84 Å². The molecule has 1 unspecified atom stereocenters. The van der Waals surface area contributed by atoms with Gasteiger partial charge in [0.2, 0.25) is 10.0 Å². The molecule has 1 fully saturated rings. The number of hydrogen-bond acceptors (Lipinski definition) is 5. The maximum Gasteiger partial charge on any atom is 0.249 e. The molecule has 1 aromatic carbocycles. The summed E-state index contributed by atoms with van der Waals surface area (Å²) in [5, 5.41) is 7.60. The van der Waals surface area contributed by atoms with Gasteiger partial charge in [0.1, 0.15) is 10.6 Å². The third-order valence-corrected chi connectivity index (χ3v) is 6.35. The minimum atomic E-state index is -3.70. The van der Waals surface area contributed by atoms with Crippen LogP contribution in [0.3, 0.4) is 0 Å². The lowest BCUT2D eigenvalue weighted by molar-refractivity contribution is 0.271. The van der Waals surface area contributed by atoms with Crippen molar-refractivity contribution in [3.8, 4) is 0 Å². The summed E-state index contributed by atoms with van der Waals surface area (Å²) in [7, 11) is -3.70. The van der Waals surface area contributed by atoms with Gasteiger partial charge in [-0.25, -0.2) is 8.42 Å². The summed E-state index contributed by atoms with van der Waals surface area (Å²) in [5.74, 6) is 0.311. The van der Waals surface area contributed by atoms with Gasteiger partial charge in [-0.3, -0.25) is 0 Å². The van der Waals surface area contributed by atoms with Crippen LogP contribution in [0.1, 0.15) is 23.1 Å². The van der Waals surface area contributed by atoms with E-state index < -0.39 is 10.0 Å². The van der Waals surface area contributed by atoms with E-state index in [1.54, 1.807) is 26.0 Å². The van der Waals surface area contributed by atoms with E-state index in [0.29, 0.717) is 36.1 Å². The number of piperazine rings is 1. The van der Waals surface area contributed by atoms with Crippen LogP contribution in [-0.2, 0) is 10.0 Å². The van der Waals surface area contributed by atoms with Crippen molar-refractivity contribution in [3.05, 3.63) is 46.3 Å². The van der Waals surface area contributed by atoms with E-state index >= 15 is 0 Å². The van der Waals surface area contributed by atoms with Gasteiger partial charge in [-0.15, -0.1) is 0 Å². The number of hydrogen-bond donors (Lipinski definition) is 1. The number of nitrogens with zero attached hydrogens (tertiary/aromatic N) is 2. The lowest BCUT2D eigenvalue weighted by Gasteiger charge is -2.35. The van der Waals surface area contributed by atoms with Crippen molar-refractivity contribution < 1.29 is 12.9 Å². The van der Waals surface area contributed by atoms with Crippen molar-refractivity contribution in [1.82, 2.24) is 14.8 Å². The quantitative estimate of drug-likeness (QED) is 0.914. The molecule has 23 heavy (non-hydrogen) atoms. The molecule has 1 N–H and O–H groups in total. The highest BCUT2D eigenvalue weighted by molar-refractivity contribution is 7.89. The fourth-order valence-corrected chi connectivity index (χ4v) is 5.04. The lowest BCUT2D eigenvalue weighted by Crippen LogP contribution is -2.48. The predicted molar refractivity (Wildman–Crippen MR) is 86.9 cm³/mol. The molecule has 0 bridgehead atoms. The second kappa shape index (κ2) is 6.24. The minimum Gasteiger partial charge on any atom is -0.360 e. The molecule has 6 nitrogen and oxygen atoms in total. The molecular weight excluding hydrogens is 338 g/mol. The summed E-state index contributed by atoms with van der Waals surface area (Å²) in [5.41, 5.74) is 1.24. The highest BCUT2D eigenvalue weighted by Crippen LogP contribution is 2.32. The molecule has 0 aliphatic carbocycles. The molecule has 1 aliphatic rings. The standard InChI is InChI=1S/C15H18ClN3O3S/c1-10-15(11(2)22-18-10)23(20,21)19-7-6-17-9-14(19)12-4-3-5-13(16)8-12/h3-5,8,14,17H,6-7,9H2,1-2H3. The van der Waals surface area contributed by atoms with Crippen molar-refractivity contribution in [2.24, 2.45) is 0 Å². The summed E-state index contributed by atoms with van der Waals surface area (Å²) in [4.78, 5) is 0.159. The van der Waals surface area contributed by atoms with Gasteiger partial charge in [-0.05, 0) is 31.5 Å². The van der Waals surface area contributed by atoms with E-state index in [1.807, 2.05) is 12.1 Å². The van der Waals surface area contributed by atoms with E-state index in [9.17, 15) is 8.42 Å². The summed E-state index contributed by atoms with van der Waals surface area (Å²) >= 11 is 6.06. The summed E-state index contributed by atoms with van der Waals surface area (Å²) in [6.45, 7) is 4.76. The highest BCUT2D eigenvalue weighted by atomic mass is 35.5. The summed E-state index contributed by atoms with van der Waals surface area (Å²) < 4.78 is 32.8. The molecule has 1 aliphatic heterocycles. The SMILES string of the molecule is Cc1noc(C)c1S(=O)(=O)N1CCNCC1c1cccc(Cl)c1. The molecule has 2 aromatic rings. The Labute approximate surface area is 140 Å². The number of aromatic nitrogens is 1. The molecule has 1 aromatic heterocycles. The van der Waals surface area contributed by atoms with Crippen LogP contribution in [0.5, 0.6) is 0 Å². The van der Waals surface area contributed by atoms with Gasteiger partial charge in [-0.1, -0.05) is 28.9 Å². The first-order valence-corrected chi connectivity index (χ1v) is 9.14. The Morgan fingerprint density at radius 3 is 2.83 bits per heavy atom. The molecular formula is C15H18ClN3O3S. The van der Waals surface area contributed by atoms with Crippen LogP contribution in [0.4, 0.5) is 0 Å². The zero-order valence-corrected chi connectivity index (χ0v) is 14.5. The zero-order valence-electron chi connectivity index (χ0n) is 12.9. The van der Waals surface area contributed by atoms with Gasteiger partial charge >= 0.3 is 0 Å². The summed E-state index contributed by atoms with van der Waals surface area (Å²) in [6, 6.07) is 6.97. The first-order valence-electron chi connectivity index (χ1n) is 7.32. The minimum absolute atomic E-state index is 0.159. The topological polar surface area (TPSA) is 75.4 Å². The average Bonchev–Trinajstić information content (AvgIpc) is 2.87. The molecule has 3 rings (SSSR count). The van der Waals surface area contributed by atoms with Crippen molar-refractivity contribution in [2.75, 3.05) is 19.6 Å². The van der Waals surface area contributed by atoms with Crippen molar-refractivity contribution in [2.45, 2.75) is 24.8 Å². The monoisotopic (exact) mass is 355 g/mol. The van der Waals surface area contributed by atoms with Gasteiger partial charge in [0.25, 0.3) is 0 Å². The highest BCUT2D eigenvalue weighted by Gasteiger charge is 2.37. The lowest BCUT2D eigenvalue weighted by atomic mass is 10.1. The van der Waals surface area contributed by atoms with Gasteiger partial charge in [0, 0.05) is 24.7 Å². The molecule has 8 heteroatoms. The van der Waals surface area contributed by atoms with Crippen molar-refractivity contribution in [3.63, 3.8) is 0 Å². The molecule has 124 valence electrons. The van der Waals surface area contributed by atoms with E-state index in [2.05, 4.69) is 10.5 Å². The second-order valence-electron chi connectivity index (χ2n) is 5.54. The Balaban J connectivity index is 2.05. The Hall–Kier alpha value is -1.41. The number of benzene rings is 1. The van der Waals surface area contributed by atoms with E-state index in [-0.39, 0.29) is 10.9 Å². The molecule has 0 saturated carbocycles. The third-order valence-electron chi connectivity index (χ3n) is 3.96. The number of sulfonamides is 1. The third kappa shape index (κ3) is 3.01. The fourth-order valence-electron chi connectivity index (χ4n) is 2.93. The number of halogens is 1. The Kier molecular flexibility index (Phi) is 4.46. The number of nitrogens with one attached hydrogen (secondary N) is 1. The maximum atomic E-state index is 13.1. The average molecular weight is 356 g/mol. The molecule has 2 heterocycles. The predicted octanol–water partition coefficient (Wildman–Crippen LogP) is 2.28. The normalized spacial score (nSPS) is 19.9. The van der Waals surface area contributed by atoms with Gasteiger partial charge in [-0.2, -0.15) is 4.31 Å². The smallest absolute Gasteiger partial charge is 0.249 e.